The summed E-state index contributed by atoms with van der Waals surface area (Å²) in [6.07, 6.45) is 0. The second-order valence-electron chi connectivity index (χ2n) is 6.15. The first kappa shape index (κ1) is 16.7. The number of carbonyl (C=O) groups is 2. The van der Waals surface area contributed by atoms with E-state index in [-0.39, 0.29) is 5.91 Å². The number of hydrogen-bond acceptors (Lipinski definition) is 2. The van der Waals surface area contributed by atoms with Gasteiger partial charge in [-0.3, -0.25) is 4.79 Å². The van der Waals surface area contributed by atoms with E-state index in [1.54, 1.807) is 32.0 Å². The molecule has 2 N–H and O–H groups in total. The molecule has 0 heterocycles. The lowest BCUT2D eigenvalue weighted by Gasteiger charge is -2.26. The Morgan fingerprint density at radius 3 is 2.26 bits per heavy atom. The molecule has 0 radical (unpaired) electrons. The summed E-state index contributed by atoms with van der Waals surface area (Å²) in [6.45, 7) is 5.46. The van der Waals surface area contributed by atoms with Crippen LogP contribution in [0.2, 0.25) is 0 Å². The normalized spacial score (nSPS) is 12.5. The molecule has 0 fully saturated rings. The maximum atomic E-state index is 12.7. The minimum Gasteiger partial charge on any atom is -0.479 e. The molecule has 23 heavy (non-hydrogen) atoms. The summed E-state index contributed by atoms with van der Waals surface area (Å²) in [5.41, 5.74) is 1.53. The third-order valence-electron chi connectivity index (χ3n) is 3.96. The summed E-state index contributed by atoms with van der Waals surface area (Å²) >= 11 is 0. The Morgan fingerprint density at radius 1 is 1.04 bits per heavy atom. The molecule has 0 spiro atoms. The molecule has 2 rings (SSSR count). The quantitative estimate of drug-likeness (QED) is 0.891. The average Bonchev–Trinajstić information content (AvgIpc) is 2.52. The second-order valence-corrected chi connectivity index (χ2v) is 6.15. The zero-order valence-corrected chi connectivity index (χ0v) is 13.5. The highest BCUT2D eigenvalue weighted by Crippen LogP contribution is 2.25. The lowest BCUT2D eigenvalue weighted by Crippen LogP contribution is -2.44. The van der Waals surface area contributed by atoms with Gasteiger partial charge in [-0.05, 0) is 31.9 Å². The molecule has 0 aliphatic rings. The number of aryl methyl sites for hydroxylation is 1. The van der Waals surface area contributed by atoms with Gasteiger partial charge in [0.1, 0.15) is 0 Å². The number of nitrogens with one attached hydrogen (secondary N) is 1. The van der Waals surface area contributed by atoms with E-state index >= 15 is 0 Å². The zero-order valence-electron chi connectivity index (χ0n) is 13.5. The van der Waals surface area contributed by atoms with E-state index in [1.165, 1.54) is 0 Å². The molecule has 2 aromatic carbocycles. The van der Waals surface area contributed by atoms with Crippen LogP contribution in [-0.4, -0.2) is 17.0 Å². The molecule has 0 aromatic heterocycles. The van der Waals surface area contributed by atoms with Crippen molar-refractivity contribution in [2.24, 2.45) is 0 Å². The van der Waals surface area contributed by atoms with Crippen molar-refractivity contribution in [1.29, 1.82) is 0 Å². The van der Waals surface area contributed by atoms with E-state index in [4.69, 9.17) is 0 Å². The topological polar surface area (TPSA) is 66.4 Å². The number of carbonyl (C=O) groups excluding carboxylic acids is 1. The molecule has 1 amide bonds. The fourth-order valence-electron chi connectivity index (χ4n) is 2.43. The van der Waals surface area contributed by atoms with Crippen molar-refractivity contribution < 1.29 is 14.7 Å². The second kappa shape index (κ2) is 6.65. The molecule has 0 aliphatic carbocycles. The molecular weight excluding hydrogens is 290 g/mol. The van der Waals surface area contributed by atoms with Crippen molar-refractivity contribution in [1.82, 2.24) is 5.32 Å². The molecule has 0 saturated carbocycles. The molecular formula is C19H21NO3. The Labute approximate surface area is 136 Å². The molecule has 4 nitrogen and oxygen atoms in total. The molecule has 120 valence electrons. The lowest BCUT2D eigenvalue weighted by molar-refractivity contribution is -0.142. The highest BCUT2D eigenvalue weighted by Gasteiger charge is 2.33. The number of carboxylic acid groups (broad SMARTS) is 1. The minimum absolute atomic E-state index is 0.322. The zero-order chi connectivity index (χ0) is 17.0. The van der Waals surface area contributed by atoms with E-state index in [9.17, 15) is 14.7 Å². The summed E-state index contributed by atoms with van der Waals surface area (Å²) in [7, 11) is 0. The fourth-order valence-corrected chi connectivity index (χ4v) is 2.43. The van der Waals surface area contributed by atoms with Gasteiger partial charge < -0.3 is 10.4 Å². The van der Waals surface area contributed by atoms with Crippen molar-refractivity contribution in [3.05, 3.63) is 71.3 Å². The van der Waals surface area contributed by atoms with Crippen LogP contribution in [0.25, 0.3) is 0 Å². The predicted molar refractivity (Wildman–Crippen MR) is 89.2 cm³/mol. The Balaban J connectivity index is 2.27. The smallest absolute Gasteiger partial charge is 0.330 e. The van der Waals surface area contributed by atoms with Crippen LogP contribution in [0.1, 0.15) is 36.6 Å². The first-order valence-electron chi connectivity index (χ1n) is 7.48. The third kappa shape index (κ3) is 3.77. The van der Waals surface area contributed by atoms with E-state index < -0.39 is 17.4 Å². The Morgan fingerprint density at radius 2 is 1.70 bits per heavy atom. The van der Waals surface area contributed by atoms with Crippen molar-refractivity contribution in [2.45, 2.75) is 32.2 Å². The highest BCUT2D eigenvalue weighted by atomic mass is 16.4. The fraction of sp³-hybridized carbons (Fsp3) is 0.263. The van der Waals surface area contributed by atoms with Crippen LogP contribution in [0.15, 0.2) is 54.6 Å². The number of carboxylic acids is 1. The van der Waals surface area contributed by atoms with Gasteiger partial charge >= 0.3 is 5.97 Å². The predicted octanol–water partition coefficient (Wildman–Crippen LogP) is 3.21. The average molecular weight is 311 g/mol. The van der Waals surface area contributed by atoms with Crippen LogP contribution in [0.4, 0.5) is 0 Å². The van der Waals surface area contributed by atoms with Crippen molar-refractivity contribution in [3.8, 4) is 0 Å². The minimum atomic E-state index is -1.08. The monoisotopic (exact) mass is 311 g/mol. The van der Waals surface area contributed by atoms with Gasteiger partial charge in [0.2, 0.25) is 5.91 Å². The van der Waals surface area contributed by atoms with E-state index in [0.717, 1.165) is 11.1 Å². The van der Waals surface area contributed by atoms with Gasteiger partial charge in [-0.2, -0.15) is 0 Å². The van der Waals surface area contributed by atoms with Gasteiger partial charge in [-0.15, -0.1) is 0 Å². The summed E-state index contributed by atoms with van der Waals surface area (Å²) < 4.78 is 0. The van der Waals surface area contributed by atoms with Crippen LogP contribution < -0.4 is 5.32 Å². The molecule has 0 unspecified atom stereocenters. The van der Waals surface area contributed by atoms with Crippen LogP contribution >= 0.6 is 0 Å². The van der Waals surface area contributed by atoms with Crippen LogP contribution in [0, 0.1) is 6.92 Å². The third-order valence-corrected chi connectivity index (χ3v) is 3.96. The van der Waals surface area contributed by atoms with Gasteiger partial charge in [0.25, 0.3) is 0 Å². The molecule has 4 heteroatoms. The first-order valence-corrected chi connectivity index (χ1v) is 7.48. The first-order chi connectivity index (χ1) is 10.8. The molecule has 1 atom stereocenters. The van der Waals surface area contributed by atoms with Gasteiger partial charge in [0.15, 0.2) is 6.04 Å². The molecule has 0 saturated heterocycles. The van der Waals surface area contributed by atoms with Crippen molar-refractivity contribution in [2.75, 3.05) is 0 Å². The summed E-state index contributed by atoms with van der Waals surface area (Å²) in [5.74, 6) is -1.40. The van der Waals surface area contributed by atoms with E-state index in [2.05, 4.69) is 5.32 Å². The largest absolute Gasteiger partial charge is 0.479 e. The Kier molecular flexibility index (Phi) is 4.84. The SMILES string of the molecule is Cc1cccc([C@H](NC(=O)C(C)(C)c2ccccc2)C(=O)O)c1. The summed E-state index contributed by atoms with van der Waals surface area (Å²) in [5, 5.41) is 12.1. The molecule has 2 aromatic rings. The maximum absolute atomic E-state index is 12.7. The van der Waals surface area contributed by atoms with E-state index in [1.807, 2.05) is 43.3 Å². The van der Waals surface area contributed by atoms with Crippen LogP contribution in [0.5, 0.6) is 0 Å². The molecule has 0 aliphatic heterocycles. The lowest BCUT2D eigenvalue weighted by atomic mass is 9.83. The van der Waals surface area contributed by atoms with Gasteiger partial charge in [-0.25, -0.2) is 4.79 Å². The van der Waals surface area contributed by atoms with Crippen molar-refractivity contribution in [3.63, 3.8) is 0 Å². The van der Waals surface area contributed by atoms with E-state index in [0.29, 0.717) is 5.56 Å². The maximum Gasteiger partial charge on any atom is 0.330 e. The highest BCUT2D eigenvalue weighted by molar-refractivity contribution is 5.91. The van der Waals surface area contributed by atoms with Gasteiger partial charge in [0, 0.05) is 0 Å². The van der Waals surface area contributed by atoms with Gasteiger partial charge in [-0.1, -0.05) is 60.2 Å². The summed E-state index contributed by atoms with van der Waals surface area (Å²) in [6, 6.07) is 15.4. The number of rotatable bonds is 5. The van der Waals surface area contributed by atoms with Crippen molar-refractivity contribution >= 4 is 11.9 Å². The standard InChI is InChI=1S/C19H21NO3/c1-13-8-7-9-14(12-13)16(17(21)22)20-18(23)19(2,3)15-10-5-4-6-11-15/h4-12,16H,1-3H3,(H,20,23)(H,21,22)/t16-/m0/s1. The van der Waals surface area contributed by atoms with Gasteiger partial charge in [0.05, 0.1) is 5.41 Å². The van der Waals surface area contributed by atoms with Crippen LogP contribution in [0.3, 0.4) is 0 Å². The Bertz CT molecular complexity index is 708. The summed E-state index contributed by atoms with van der Waals surface area (Å²) in [4.78, 5) is 24.3. The number of hydrogen-bond donors (Lipinski definition) is 2. The molecule has 0 bridgehead atoms. The Hall–Kier alpha value is -2.62. The number of aliphatic carboxylic acids is 1. The number of benzene rings is 2. The number of amides is 1. The van der Waals surface area contributed by atoms with Crippen LogP contribution in [-0.2, 0) is 15.0 Å².